The zero-order valence-electron chi connectivity index (χ0n) is 14.5. The number of carbonyl (C=O) groups excluding carboxylic acids is 2. The van der Waals surface area contributed by atoms with E-state index in [2.05, 4.69) is 5.32 Å². The summed E-state index contributed by atoms with van der Waals surface area (Å²) in [4.78, 5) is 26.4. The second-order valence-electron chi connectivity index (χ2n) is 5.87. The molecule has 136 valence electrons. The van der Waals surface area contributed by atoms with Crippen molar-refractivity contribution in [2.45, 2.75) is 18.7 Å². The Bertz CT molecular complexity index is 936. The van der Waals surface area contributed by atoms with Gasteiger partial charge in [0.2, 0.25) is 5.91 Å². The predicted octanol–water partition coefficient (Wildman–Crippen LogP) is 3.35. The number of hydrogen-bond acceptors (Lipinski definition) is 4. The van der Waals surface area contributed by atoms with Crippen LogP contribution in [0.4, 0.5) is 10.1 Å². The lowest BCUT2D eigenvalue weighted by Gasteiger charge is -2.18. The third-order valence-electron chi connectivity index (χ3n) is 3.99. The van der Waals surface area contributed by atoms with Gasteiger partial charge < -0.3 is 5.32 Å². The molecule has 1 fully saturated rings. The first-order chi connectivity index (χ1) is 13.0. The Morgan fingerprint density at radius 1 is 1.22 bits per heavy atom. The normalized spacial score (nSPS) is 18.2. The molecule has 7 heteroatoms. The first-order valence-electron chi connectivity index (χ1n) is 8.24. The van der Waals surface area contributed by atoms with E-state index in [0.717, 1.165) is 17.3 Å². The molecule has 3 rings (SSSR count). The van der Waals surface area contributed by atoms with Crippen molar-refractivity contribution < 1.29 is 14.0 Å². The van der Waals surface area contributed by atoms with E-state index in [-0.39, 0.29) is 23.1 Å². The van der Waals surface area contributed by atoms with Crippen molar-refractivity contribution in [3.8, 4) is 6.07 Å². The van der Waals surface area contributed by atoms with Crippen LogP contribution in [0.3, 0.4) is 0 Å². The minimum Gasteiger partial charge on any atom is -0.347 e. The zero-order valence-corrected chi connectivity index (χ0v) is 15.3. The van der Waals surface area contributed by atoms with Crippen LogP contribution >= 0.6 is 11.8 Å². The maximum atomic E-state index is 13.2. The smallest absolute Gasteiger partial charge is 0.264 e. The fraction of sp³-hybridized carbons (Fsp3) is 0.150. The van der Waals surface area contributed by atoms with Crippen LogP contribution in [0, 0.1) is 17.1 Å². The second kappa shape index (κ2) is 8.06. The number of amides is 2. The second-order valence-corrected chi connectivity index (χ2v) is 7.20. The van der Waals surface area contributed by atoms with Crippen LogP contribution in [0.5, 0.6) is 0 Å². The van der Waals surface area contributed by atoms with Crippen LogP contribution in [0.1, 0.15) is 12.5 Å². The standard InChI is InChI=1S/C20H16FN3O2S/c1-13-19(26)24(16-9-7-15(21)8-10-16)20(27-13)17(11-22)18(25)23-12-14-5-3-2-4-6-14/h2-10,13H,12H2,1H3,(H,23,25)/b20-17-/t13-/m0/s1. The van der Waals surface area contributed by atoms with Crippen molar-refractivity contribution in [3.05, 3.63) is 76.6 Å². The molecule has 1 saturated heterocycles. The Labute approximate surface area is 160 Å². The molecule has 1 aliphatic rings. The first kappa shape index (κ1) is 18.7. The summed E-state index contributed by atoms with van der Waals surface area (Å²) in [6.45, 7) is 1.97. The van der Waals surface area contributed by atoms with Crippen LogP contribution in [-0.2, 0) is 16.1 Å². The molecule has 1 aliphatic heterocycles. The van der Waals surface area contributed by atoms with Crippen LogP contribution < -0.4 is 10.2 Å². The van der Waals surface area contributed by atoms with Gasteiger partial charge >= 0.3 is 0 Å². The summed E-state index contributed by atoms with van der Waals surface area (Å²) in [5.74, 6) is -1.25. The largest absolute Gasteiger partial charge is 0.347 e. The molecule has 0 aromatic heterocycles. The van der Waals surface area contributed by atoms with E-state index in [4.69, 9.17) is 0 Å². The molecule has 0 aliphatic carbocycles. The van der Waals surface area contributed by atoms with E-state index in [1.807, 2.05) is 36.4 Å². The average molecular weight is 381 g/mol. The Hall–Kier alpha value is -3.11. The number of carbonyl (C=O) groups is 2. The highest BCUT2D eigenvalue weighted by atomic mass is 32.2. The molecule has 0 bridgehead atoms. The summed E-state index contributed by atoms with van der Waals surface area (Å²) in [7, 11) is 0. The monoisotopic (exact) mass is 381 g/mol. The van der Waals surface area contributed by atoms with E-state index >= 15 is 0 Å². The van der Waals surface area contributed by atoms with E-state index in [9.17, 15) is 19.2 Å². The van der Waals surface area contributed by atoms with Crippen molar-refractivity contribution in [1.82, 2.24) is 5.32 Å². The number of benzene rings is 2. The molecular weight excluding hydrogens is 365 g/mol. The Balaban J connectivity index is 1.91. The molecule has 2 amide bonds. The van der Waals surface area contributed by atoms with Gasteiger partial charge in [0.15, 0.2) is 0 Å². The van der Waals surface area contributed by atoms with Crippen LogP contribution in [0.2, 0.25) is 0 Å². The van der Waals surface area contributed by atoms with Gasteiger partial charge in [0, 0.05) is 12.2 Å². The summed E-state index contributed by atoms with van der Waals surface area (Å²) >= 11 is 1.14. The molecule has 2 aromatic carbocycles. The maximum absolute atomic E-state index is 13.2. The van der Waals surface area contributed by atoms with Gasteiger partial charge in [0.05, 0.1) is 5.25 Å². The Kier molecular flexibility index (Phi) is 5.57. The molecule has 0 unspecified atom stereocenters. The number of nitriles is 1. The van der Waals surface area contributed by atoms with Crippen molar-refractivity contribution in [3.63, 3.8) is 0 Å². The van der Waals surface area contributed by atoms with Gasteiger partial charge in [0.25, 0.3) is 5.91 Å². The van der Waals surface area contributed by atoms with Gasteiger partial charge in [-0.1, -0.05) is 42.1 Å². The van der Waals surface area contributed by atoms with Crippen LogP contribution in [0.15, 0.2) is 65.2 Å². The highest BCUT2D eigenvalue weighted by Crippen LogP contribution is 2.40. The number of hydrogen-bond donors (Lipinski definition) is 1. The van der Waals surface area contributed by atoms with E-state index in [1.54, 1.807) is 6.92 Å². The fourth-order valence-electron chi connectivity index (χ4n) is 2.62. The molecule has 1 heterocycles. The number of anilines is 1. The van der Waals surface area contributed by atoms with Crippen molar-refractivity contribution in [2.75, 3.05) is 4.90 Å². The highest BCUT2D eigenvalue weighted by Gasteiger charge is 2.38. The third-order valence-corrected chi connectivity index (χ3v) is 5.16. The number of thioether (sulfide) groups is 1. The number of nitrogens with zero attached hydrogens (tertiary/aromatic N) is 2. The number of rotatable bonds is 4. The summed E-state index contributed by atoms with van der Waals surface area (Å²) in [5, 5.41) is 12.1. The van der Waals surface area contributed by atoms with Crippen LogP contribution in [-0.4, -0.2) is 17.1 Å². The molecule has 1 atom stereocenters. The maximum Gasteiger partial charge on any atom is 0.264 e. The number of nitrogens with one attached hydrogen (secondary N) is 1. The lowest BCUT2D eigenvalue weighted by atomic mass is 10.2. The summed E-state index contributed by atoms with van der Waals surface area (Å²) in [6.07, 6.45) is 0. The lowest BCUT2D eigenvalue weighted by molar-refractivity contribution is -0.117. The van der Waals surface area contributed by atoms with Gasteiger partial charge in [0.1, 0.15) is 22.5 Å². The molecule has 2 aromatic rings. The topological polar surface area (TPSA) is 73.2 Å². The third kappa shape index (κ3) is 4.01. The van der Waals surface area contributed by atoms with Gasteiger partial charge in [-0.2, -0.15) is 5.26 Å². The Morgan fingerprint density at radius 3 is 2.52 bits per heavy atom. The SMILES string of the molecule is C[C@@H]1S/C(=C(/C#N)C(=O)NCc2ccccc2)N(c2ccc(F)cc2)C1=O. The number of halogens is 1. The van der Waals surface area contributed by atoms with Gasteiger partial charge in [-0.3, -0.25) is 14.5 Å². The molecule has 0 radical (unpaired) electrons. The van der Waals surface area contributed by atoms with Gasteiger partial charge in [-0.05, 0) is 36.8 Å². The average Bonchev–Trinajstić information content (AvgIpc) is 2.97. The first-order valence-corrected chi connectivity index (χ1v) is 9.12. The zero-order chi connectivity index (χ0) is 19.4. The molecule has 27 heavy (non-hydrogen) atoms. The quantitative estimate of drug-likeness (QED) is 0.651. The molecule has 0 saturated carbocycles. The summed E-state index contributed by atoms with van der Waals surface area (Å²) < 4.78 is 13.2. The fourth-order valence-corrected chi connectivity index (χ4v) is 3.72. The van der Waals surface area contributed by atoms with E-state index in [1.165, 1.54) is 29.2 Å². The summed E-state index contributed by atoms with van der Waals surface area (Å²) in [6, 6.07) is 16.6. The predicted molar refractivity (Wildman–Crippen MR) is 102 cm³/mol. The van der Waals surface area contributed by atoms with Gasteiger partial charge in [-0.25, -0.2) is 4.39 Å². The minimum absolute atomic E-state index is 0.141. The minimum atomic E-state index is -0.558. The highest BCUT2D eigenvalue weighted by molar-refractivity contribution is 8.05. The van der Waals surface area contributed by atoms with Crippen molar-refractivity contribution in [1.29, 1.82) is 5.26 Å². The summed E-state index contributed by atoms with van der Waals surface area (Å²) in [5.41, 5.74) is 1.17. The molecular formula is C20H16FN3O2S. The van der Waals surface area contributed by atoms with E-state index in [0.29, 0.717) is 5.69 Å². The molecule has 5 nitrogen and oxygen atoms in total. The van der Waals surface area contributed by atoms with Crippen molar-refractivity contribution >= 4 is 29.3 Å². The van der Waals surface area contributed by atoms with Crippen molar-refractivity contribution in [2.24, 2.45) is 0 Å². The van der Waals surface area contributed by atoms with Crippen LogP contribution in [0.25, 0.3) is 0 Å². The Morgan fingerprint density at radius 2 is 1.89 bits per heavy atom. The molecule has 0 spiro atoms. The van der Waals surface area contributed by atoms with E-state index < -0.39 is 17.0 Å². The molecule has 1 N–H and O–H groups in total. The lowest BCUT2D eigenvalue weighted by Crippen LogP contribution is -2.30. The van der Waals surface area contributed by atoms with Gasteiger partial charge in [-0.15, -0.1) is 0 Å².